The highest BCUT2D eigenvalue weighted by Gasteiger charge is 1.94. The molecule has 0 amide bonds. The van der Waals surface area contributed by atoms with Crippen LogP contribution in [0.3, 0.4) is 0 Å². The SMILES string of the molecule is CCCn1cncc1C=CCN. The molecule has 0 spiro atoms. The molecular formula is C9H15N3. The smallest absolute Gasteiger partial charge is 0.0950 e. The Hall–Kier alpha value is -1.09. The number of nitrogens with zero attached hydrogens (tertiary/aromatic N) is 2. The van der Waals surface area contributed by atoms with Gasteiger partial charge in [0.1, 0.15) is 0 Å². The van der Waals surface area contributed by atoms with Crippen molar-refractivity contribution >= 4 is 6.08 Å². The van der Waals surface area contributed by atoms with Crippen molar-refractivity contribution in [2.75, 3.05) is 6.54 Å². The summed E-state index contributed by atoms with van der Waals surface area (Å²) in [6.07, 6.45) is 8.76. The molecule has 1 heterocycles. The van der Waals surface area contributed by atoms with Crippen molar-refractivity contribution in [2.45, 2.75) is 19.9 Å². The van der Waals surface area contributed by atoms with E-state index < -0.39 is 0 Å². The van der Waals surface area contributed by atoms with Crippen molar-refractivity contribution in [2.24, 2.45) is 5.73 Å². The molecule has 0 aliphatic rings. The monoisotopic (exact) mass is 165 g/mol. The van der Waals surface area contributed by atoms with Gasteiger partial charge in [0, 0.05) is 13.1 Å². The number of nitrogens with two attached hydrogens (primary N) is 1. The van der Waals surface area contributed by atoms with Gasteiger partial charge >= 0.3 is 0 Å². The van der Waals surface area contributed by atoms with Gasteiger partial charge in [0.2, 0.25) is 0 Å². The van der Waals surface area contributed by atoms with Crippen molar-refractivity contribution in [3.8, 4) is 0 Å². The number of aryl methyl sites for hydroxylation is 1. The van der Waals surface area contributed by atoms with Gasteiger partial charge in [0.05, 0.1) is 18.2 Å². The predicted molar refractivity (Wildman–Crippen MR) is 50.6 cm³/mol. The zero-order valence-corrected chi connectivity index (χ0v) is 7.40. The second-order valence-corrected chi connectivity index (χ2v) is 2.65. The Labute approximate surface area is 72.9 Å². The van der Waals surface area contributed by atoms with E-state index >= 15 is 0 Å². The maximum Gasteiger partial charge on any atom is 0.0950 e. The Kier molecular flexibility index (Phi) is 3.54. The Morgan fingerprint density at radius 3 is 3.17 bits per heavy atom. The molecule has 66 valence electrons. The van der Waals surface area contributed by atoms with Crippen molar-refractivity contribution in [1.82, 2.24) is 9.55 Å². The Morgan fingerprint density at radius 2 is 2.50 bits per heavy atom. The minimum Gasteiger partial charge on any atom is -0.331 e. The largest absolute Gasteiger partial charge is 0.331 e. The highest BCUT2D eigenvalue weighted by atomic mass is 15.0. The lowest BCUT2D eigenvalue weighted by molar-refractivity contribution is 0.673. The van der Waals surface area contributed by atoms with Crippen LogP contribution in [0.1, 0.15) is 19.0 Å². The van der Waals surface area contributed by atoms with Gasteiger partial charge in [0.15, 0.2) is 0 Å². The van der Waals surface area contributed by atoms with Crippen LogP contribution in [0.25, 0.3) is 6.08 Å². The average Bonchev–Trinajstić information content (AvgIpc) is 2.50. The van der Waals surface area contributed by atoms with Crippen molar-refractivity contribution in [3.63, 3.8) is 0 Å². The zero-order valence-electron chi connectivity index (χ0n) is 7.40. The highest BCUT2D eigenvalue weighted by molar-refractivity contribution is 5.43. The minimum absolute atomic E-state index is 0.581. The summed E-state index contributed by atoms with van der Waals surface area (Å²) in [5, 5.41) is 0. The number of imidazole rings is 1. The molecule has 12 heavy (non-hydrogen) atoms. The maximum absolute atomic E-state index is 5.35. The summed E-state index contributed by atoms with van der Waals surface area (Å²) in [5.74, 6) is 0. The summed E-state index contributed by atoms with van der Waals surface area (Å²) >= 11 is 0. The second kappa shape index (κ2) is 4.72. The van der Waals surface area contributed by atoms with E-state index in [-0.39, 0.29) is 0 Å². The molecule has 0 radical (unpaired) electrons. The van der Waals surface area contributed by atoms with E-state index in [2.05, 4.69) is 16.5 Å². The van der Waals surface area contributed by atoms with Gasteiger partial charge < -0.3 is 10.3 Å². The number of hydrogen-bond donors (Lipinski definition) is 1. The van der Waals surface area contributed by atoms with E-state index in [0.717, 1.165) is 18.7 Å². The lowest BCUT2D eigenvalue weighted by Gasteiger charge is -2.00. The molecule has 0 saturated heterocycles. The van der Waals surface area contributed by atoms with Crippen LogP contribution in [0.5, 0.6) is 0 Å². The van der Waals surface area contributed by atoms with Crippen molar-refractivity contribution in [1.29, 1.82) is 0 Å². The molecule has 0 fully saturated rings. The fourth-order valence-corrected chi connectivity index (χ4v) is 1.09. The molecule has 1 aromatic rings. The van der Waals surface area contributed by atoms with E-state index in [4.69, 9.17) is 5.73 Å². The van der Waals surface area contributed by atoms with E-state index in [1.807, 2.05) is 24.7 Å². The van der Waals surface area contributed by atoms with Crippen LogP contribution in [0.4, 0.5) is 0 Å². The third kappa shape index (κ3) is 2.20. The first-order valence-corrected chi connectivity index (χ1v) is 4.25. The molecule has 0 aliphatic heterocycles. The summed E-state index contributed by atoms with van der Waals surface area (Å²) < 4.78 is 2.12. The Bertz CT molecular complexity index is 250. The zero-order chi connectivity index (χ0) is 8.81. The molecule has 0 aromatic carbocycles. The standard InChI is InChI=1S/C9H15N3/c1-2-6-12-8-11-7-9(12)4-3-5-10/h3-4,7-8H,2,5-6,10H2,1H3. The molecule has 3 nitrogen and oxygen atoms in total. The average molecular weight is 165 g/mol. The fourth-order valence-electron chi connectivity index (χ4n) is 1.09. The van der Waals surface area contributed by atoms with Crippen LogP contribution in [0.15, 0.2) is 18.6 Å². The van der Waals surface area contributed by atoms with Gasteiger partial charge in [-0.3, -0.25) is 0 Å². The third-order valence-electron chi connectivity index (χ3n) is 1.63. The number of hydrogen-bond acceptors (Lipinski definition) is 2. The van der Waals surface area contributed by atoms with Crippen molar-refractivity contribution in [3.05, 3.63) is 24.3 Å². The molecule has 2 N–H and O–H groups in total. The van der Waals surface area contributed by atoms with Gasteiger partial charge in [-0.15, -0.1) is 0 Å². The summed E-state index contributed by atoms with van der Waals surface area (Å²) in [6, 6.07) is 0. The predicted octanol–water partition coefficient (Wildman–Crippen LogP) is 1.26. The molecule has 1 rings (SSSR count). The van der Waals surface area contributed by atoms with Crippen LogP contribution in [0.2, 0.25) is 0 Å². The molecule has 3 heteroatoms. The van der Waals surface area contributed by atoms with Gasteiger partial charge in [-0.25, -0.2) is 4.98 Å². The normalized spacial score (nSPS) is 11.2. The molecule has 0 atom stereocenters. The lowest BCUT2D eigenvalue weighted by Crippen LogP contribution is -1.98. The van der Waals surface area contributed by atoms with Crippen LogP contribution < -0.4 is 5.73 Å². The summed E-state index contributed by atoms with van der Waals surface area (Å²) in [4.78, 5) is 4.06. The molecule has 0 saturated carbocycles. The first-order chi connectivity index (χ1) is 5.88. The highest BCUT2D eigenvalue weighted by Crippen LogP contribution is 2.02. The van der Waals surface area contributed by atoms with Crippen LogP contribution >= 0.6 is 0 Å². The minimum atomic E-state index is 0.581. The van der Waals surface area contributed by atoms with E-state index in [1.165, 1.54) is 0 Å². The lowest BCUT2D eigenvalue weighted by atomic mass is 10.4. The van der Waals surface area contributed by atoms with Gasteiger partial charge in [0.25, 0.3) is 0 Å². The van der Waals surface area contributed by atoms with E-state index in [0.29, 0.717) is 6.54 Å². The van der Waals surface area contributed by atoms with Crippen LogP contribution in [0, 0.1) is 0 Å². The second-order valence-electron chi connectivity index (χ2n) is 2.65. The fraction of sp³-hybridized carbons (Fsp3) is 0.444. The summed E-state index contributed by atoms with van der Waals surface area (Å²) in [7, 11) is 0. The van der Waals surface area contributed by atoms with Crippen LogP contribution in [-0.4, -0.2) is 16.1 Å². The topological polar surface area (TPSA) is 43.8 Å². The quantitative estimate of drug-likeness (QED) is 0.730. The number of rotatable bonds is 4. The first kappa shape index (κ1) is 9.00. The van der Waals surface area contributed by atoms with Crippen LogP contribution in [-0.2, 0) is 6.54 Å². The van der Waals surface area contributed by atoms with Gasteiger partial charge in [-0.2, -0.15) is 0 Å². The Morgan fingerprint density at radius 1 is 1.67 bits per heavy atom. The van der Waals surface area contributed by atoms with Crippen molar-refractivity contribution < 1.29 is 0 Å². The Balaban J connectivity index is 2.69. The molecular weight excluding hydrogens is 150 g/mol. The van der Waals surface area contributed by atoms with Gasteiger partial charge in [-0.1, -0.05) is 13.0 Å². The molecule has 1 aromatic heterocycles. The molecule has 0 aliphatic carbocycles. The molecule has 0 unspecified atom stereocenters. The van der Waals surface area contributed by atoms with E-state index in [9.17, 15) is 0 Å². The number of aromatic nitrogens is 2. The summed E-state index contributed by atoms with van der Waals surface area (Å²) in [5.41, 5.74) is 6.48. The summed E-state index contributed by atoms with van der Waals surface area (Å²) in [6.45, 7) is 3.75. The first-order valence-electron chi connectivity index (χ1n) is 4.25. The molecule has 0 bridgehead atoms. The van der Waals surface area contributed by atoms with E-state index in [1.54, 1.807) is 0 Å². The van der Waals surface area contributed by atoms with Gasteiger partial charge in [-0.05, 0) is 12.5 Å². The maximum atomic E-state index is 5.35. The third-order valence-corrected chi connectivity index (χ3v) is 1.63.